The third-order valence-corrected chi connectivity index (χ3v) is 2.58. The smallest absolute Gasteiger partial charge is 0.168 e. The van der Waals surface area contributed by atoms with Crippen molar-refractivity contribution >= 4 is 0 Å². The highest BCUT2D eigenvalue weighted by Crippen LogP contribution is 2.28. The Balaban J connectivity index is 2.24. The van der Waals surface area contributed by atoms with Crippen LogP contribution in [-0.4, -0.2) is 10.2 Å². The zero-order valence-electron chi connectivity index (χ0n) is 10.2. The highest BCUT2D eigenvalue weighted by atomic mass is 19.1. The summed E-state index contributed by atoms with van der Waals surface area (Å²) in [7, 11) is 0. The van der Waals surface area contributed by atoms with Gasteiger partial charge >= 0.3 is 0 Å². The van der Waals surface area contributed by atoms with E-state index in [4.69, 9.17) is 4.74 Å². The number of H-pyrrole nitrogens is 1. The fourth-order valence-electron chi connectivity index (χ4n) is 1.69. The maximum absolute atomic E-state index is 13.5. The summed E-state index contributed by atoms with van der Waals surface area (Å²) < 4.78 is 31.9. The molecule has 0 saturated heterocycles. The standard InChI is InChI=1S/C13H14F2N2O/c1-8(2)13(11-5-6-16-17-11)18-12-4-3-9(14)7-10(12)15/h3-8,13H,1-2H3,(H,16,17). The molecule has 1 unspecified atom stereocenters. The first-order valence-corrected chi connectivity index (χ1v) is 5.69. The lowest BCUT2D eigenvalue weighted by Crippen LogP contribution is -2.15. The second-order valence-electron chi connectivity index (χ2n) is 4.37. The Hall–Kier alpha value is -1.91. The molecule has 0 saturated carbocycles. The van der Waals surface area contributed by atoms with Crippen LogP contribution in [0.2, 0.25) is 0 Å². The molecule has 3 nitrogen and oxygen atoms in total. The molecule has 0 amide bonds. The Bertz CT molecular complexity index is 512. The van der Waals surface area contributed by atoms with Gasteiger partial charge in [0.15, 0.2) is 11.6 Å². The van der Waals surface area contributed by atoms with Crippen LogP contribution < -0.4 is 4.74 Å². The molecule has 1 aromatic carbocycles. The SMILES string of the molecule is CC(C)C(Oc1ccc(F)cc1F)c1ccn[nH]1. The molecule has 0 spiro atoms. The number of nitrogens with zero attached hydrogens (tertiary/aromatic N) is 1. The van der Waals surface area contributed by atoms with E-state index < -0.39 is 11.6 Å². The minimum Gasteiger partial charge on any atom is -0.481 e. The predicted molar refractivity (Wildman–Crippen MR) is 63.2 cm³/mol. The number of rotatable bonds is 4. The maximum Gasteiger partial charge on any atom is 0.168 e. The zero-order chi connectivity index (χ0) is 13.1. The highest BCUT2D eigenvalue weighted by molar-refractivity contribution is 5.25. The summed E-state index contributed by atoms with van der Waals surface area (Å²) in [6.45, 7) is 3.90. The lowest BCUT2D eigenvalue weighted by molar-refractivity contribution is 0.142. The molecule has 0 bridgehead atoms. The number of aromatic amines is 1. The molecule has 2 aromatic rings. The Morgan fingerprint density at radius 1 is 1.22 bits per heavy atom. The molecule has 0 aliphatic heterocycles. The molecule has 1 atom stereocenters. The van der Waals surface area contributed by atoms with E-state index in [-0.39, 0.29) is 17.8 Å². The van der Waals surface area contributed by atoms with Gasteiger partial charge in [0, 0.05) is 12.3 Å². The number of ether oxygens (including phenoxy) is 1. The van der Waals surface area contributed by atoms with Gasteiger partial charge in [0.2, 0.25) is 0 Å². The van der Waals surface area contributed by atoms with Crippen molar-refractivity contribution in [3.63, 3.8) is 0 Å². The summed E-state index contributed by atoms with van der Waals surface area (Å²) in [6.07, 6.45) is 1.25. The molecule has 1 aromatic heterocycles. The lowest BCUT2D eigenvalue weighted by Gasteiger charge is -2.21. The Morgan fingerprint density at radius 2 is 2.00 bits per heavy atom. The molecule has 1 heterocycles. The molecule has 0 aliphatic rings. The van der Waals surface area contributed by atoms with Gasteiger partial charge in [-0.2, -0.15) is 5.10 Å². The maximum atomic E-state index is 13.5. The zero-order valence-corrected chi connectivity index (χ0v) is 10.2. The van der Waals surface area contributed by atoms with Crippen molar-refractivity contribution in [1.82, 2.24) is 10.2 Å². The summed E-state index contributed by atoms with van der Waals surface area (Å²) in [5, 5.41) is 6.64. The van der Waals surface area contributed by atoms with Crippen molar-refractivity contribution in [2.24, 2.45) is 5.92 Å². The highest BCUT2D eigenvalue weighted by Gasteiger charge is 2.20. The minimum absolute atomic E-state index is 0.0321. The van der Waals surface area contributed by atoms with Crippen molar-refractivity contribution in [3.8, 4) is 5.75 Å². The summed E-state index contributed by atoms with van der Waals surface area (Å²) in [6, 6.07) is 5.03. The van der Waals surface area contributed by atoms with Crippen molar-refractivity contribution in [3.05, 3.63) is 47.8 Å². The second kappa shape index (κ2) is 5.16. The topological polar surface area (TPSA) is 37.9 Å². The number of aromatic nitrogens is 2. The minimum atomic E-state index is -0.708. The fourth-order valence-corrected chi connectivity index (χ4v) is 1.69. The van der Waals surface area contributed by atoms with Crippen LogP contribution in [0.25, 0.3) is 0 Å². The summed E-state index contributed by atoms with van der Waals surface area (Å²) in [5.74, 6) is -1.18. The third kappa shape index (κ3) is 2.67. The van der Waals surface area contributed by atoms with Crippen LogP contribution in [0.4, 0.5) is 8.78 Å². The number of halogens is 2. The number of nitrogens with one attached hydrogen (secondary N) is 1. The van der Waals surface area contributed by atoms with Gasteiger partial charge in [-0.3, -0.25) is 5.10 Å². The molecule has 1 N–H and O–H groups in total. The number of hydrogen-bond acceptors (Lipinski definition) is 2. The first-order valence-electron chi connectivity index (χ1n) is 5.69. The first kappa shape index (κ1) is 12.5. The van der Waals surface area contributed by atoms with Crippen LogP contribution in [0, 0.1) is 17.6 Å². The van der Waals surface area contributed by atoms with Crippen molar-refractivity contribution in [1.29, 1.82) is 0 Å². The van der Waals surface area contributed by atoms with E-state index in [0.717, 1.165) is 11.8 Å². The summed E-state index contributed by atoms with van der Waals surface area (Å²) in [5.41, 5.74) is 0.758. The molecule has 5 heteroatoms. The van der Waals surface area contributed by atoms with Crippen molar-refractivity contribution < 1.29 is 13.5 Å². The molecule has 0 aliphatic carbocycles. The molecule has 0 radical (unpaired) electrons. The molecular weight excluding hydrogens is 238 g/mol. The fraction of sp³-hybridized carbons (Fsp3) is 0.308. The largest absolute Gasteiger partial charge is 0.481 e. The van der Waals surface area contributed by atoms with Crippen LogP contribution in [0.15, 0.2) is 30.5 Å². The average molecular weight is 252 g/mol. The van der Waals surface area contributed by atoms with E-state index in [2.05, 4.69) is 10.2 Å². The molecule has 0 fully saturated rings. The van der Waals surface area contributed by atoms with E-state index in [0.29, 0.717) is 0 Å². The second-order valence-corrected chi connectivity index (χ2v) is 4.37. The van der Waals surface area contributed by atoms with Gasteiger partial charge in [-0.05, 0) is 24.1 Å². The van der Waals surface area contributed by atoms with Gasteiger partial charge in [-0.1, -0.05) is 13.8 Å². The Labute approximate surface area is 104 Å². The van der Waals surface area contributed by atoms with Gasteiger partial charge in [0.05, 0.1) is 5.69 Å². The number of benzene rings is 1. The summed E-state index contributed by atoms with van der Waals surface area (Å²) in [4.78, 5) is 0. The lowest BCUT2D eigenvalue weighted by atomic mass is 10.0. The van der Waals surface area contributed by atoms with Crippen LogP contribution in [-0.2, 0) is 0 Å². The van der Waals surface area contributed by atoms with E-state index in [1.807, 2.05) is 13.8 Å². The Morgan fingerprint density at radius 3 is 2.56 bits per heavy atom. The molecular formula is C13H14F2N2O. The van der Waals surface area contributed by atoms with E-state index in [9.17, 15) is 8.78 Å². The monoisotopic (exact) mass is 252 g/mol. The summed E-state index contributed by atoms with van der Waals surface area (Å²) >= 11 is 0. The van der Waals surface area contributed by atoms with Gasteiger partial charge in [0.1, 0.15) is 11.9 Å². The van der Waals surface area contributed by atoms with Crippen LogP contribution in [0.3, 0.4) is 0 Å². The normalized spacial score (nSPS) is 12.7. The third-order valence-electron chi connectivity index (χ3n) is 2.58. The predicted octanol–water partition coefficient (Wildman–Crippen LogP) is 3.46. The first-order chi connectivity index (χ1) is 8.58. The van der Waals surface area contributed by atoms with Crippen LogP contribution in [0.1, 0.15) is 25.6 Å². The van der Waals surface area contributed by atoms with Crippen LogP contribution in [0.5, 0.6) is 5.75 Å². The van der Waals surface area contributed by atoms with E-state index >= 15 is 0 Å². The van der Waals surface area contributed by atoms with Crippen LogP contribution >= 0.6 is 0 Å². The molecule has 96 valence electrons. The van der Waals surface area contributed by atoms with E-state index in [1.54, 1.807) is 12.3 Å². The Kier molecular flexibility index (Phi) is 3.60. The number of hydrogen-bond donors (Lipinski definition) is 1. The van der Waals surface area contributed by atoms with Gasteiger partial charge < -0.3 is 4.74 Å². The molecule has 2 rings (SSSR count). The van der Waals surface area contributed by atoms with Gasteiger partial charge in [0.25, 0.3) is 0 Å². The van der Waals surface area contributed by atoms with Crippen molar-refractivity contribution in [2.75, 3.05) is 0 Å². The average Bonchev–Trinajstić information content (AvgIpc) is 2.80. The van der Waals surface area contributed by atoms with Gasteiger partial charge in [-0.15, -0.1) is 0 Å². The molecule has 18 heavy (non-hydrogen) atoms. The van der Waals surface area contributed by atoms with Crippen molar-refractivity contribution in [2.45, 2.75) is 20.0 Å². The van der Waals surface area contributed by atoms with E-state index in [1.165, 1.54) is 12.1 Å². The van der Waals surface area contributed by atoms with Gasteiger partial charge in [-0.25, -0.2) is 8.78 Å². The quantitative estimate of drug-likeness (QED) is 0.904.